The van der Waals surface area contributed by atoms with Gasteiger partial charge >= 0.3 is 0 Å². The Morgan fingerprint density at radius 2 is 1.80 bits per heavy atom. The second kappa shape index (κ2) is 6.10. The summed E-state index contributed by atoms with van der Waals surface area (Å²) in [5.74, 6) is -0.609. The van der Waals surface area contributed by atoms with Gasteiger partial charge in [0.2, 0.25) is 0 Å². The number of phenolic OH excluding ortho intramolecular Hbond substituents is 2. The van der Waals surface area contributed by atoms with E-state index in [0.29, 0.717) is 12.1 Å². The molecule has 20 heavy (non-hydrogen) atoms. The average molecular weight is 271 g/mol. The predicted octanol–water partition coefficient (Wildman–Crippen LogP) is 2.63. The molecule has 0 heterocycles. The van der Waals surface area contributed by atoms with Crippen molar-refractivity contribution < 1.29 is 15.0 Å². The van der Waals surface area contributed by atoms with Gasteiger partial charge in [-0.25, -0.2) is 0 Å². The molecule has 0 fully saturated rings. The van der Waals surface area contributed by atoms with Gasteiger partial charge in [0.15, 0.2) is 11.5 Å². The van der Waals surface area contributed by atoms with Gasteiger partial charge in [0.05, 0.1) is 0 Å². The van der Waals surface area contributed by atoms with Crippen molar-refractivity contribution in [3.8, 4) is 11.5 Å². The zero-order chi connectivity index (χ0) is 14.5. The van der Waals surface area contributed by atoms with E-state index in [9.17, 15) is 15.0 Å². The van der Waals surface area contributed by atoms with Crippen molar-refractivity contribution in [1.29, 1.82) is 0 Å². The topological polar surface area (TPSA) is 69.6 Å². The average Bonchev–Trinajstić information content (AvgIpc) is 2.48. The quantitative estimate of drug-likeness (QED) is 0.749. The van der Waals surface area contributed by atoms with Crippen molar-refractivity contribution in [2.75, 3.05) is 6.54 Å². The number of carbonyl (C=O) groups is 1. The van der Waals surface area contributed by atoms with Crippen molar-refractivity contribution in [2.45, 2.75) is 12.8 Å². The third kappa shape index (κ3) is 3.29. The minimum absolute atomic E-state index is 0.200. The molecule has 0 saturated carbocycles. The Kier molecular flexibility index (Phi) is 4.25. The number of carbonyl (C=O) groups excluding carboxylic acids is 1. The highest BCUT2D eigenvalue weighted by Crippen LogP contribution is 2.24. The van der Waals surface area contributed by atoms with E-state index in [-0.39, 0.29) is 23.3 Å². The number of rotatable bonds is 4. The Labute approximate surface area is 117 Å². The van der Waals surface area contributed by atoms with Crippen LogP contribution in [-0.2, 0) is 0 Å². The lowest BCUT2D eigenvalue weighted by molar-refractivity contribution is 0.0951. The van der Waals surface area contributed by atoms with Gasteiger partial charge in [-0.2, -0.15) is 0 Å². The zero-order valence-electron chi connectivity index (χ0n) is 11.2. The van der Waals surface area contributed by atoms with Crippen LogP contribution in [0.2, 0.25) is 0 Å². The molecule has 2 rings (SSSR count). The maximum atomic E-state index is 11.9. The van der Waals surface area contributed by atoms with Crippen LogP contribution in [0.25, 0.3) is 0 Å². The van der Waals surface area contributed by atoms with E-state index in [1.165, 1.54) is 18.2 Å². The summed E-state index contributed by atoms with van der Waals surface area (Å²) in [6.07, 6.45) is 0. The van der Waals surface area contributed by atoms with Gasteiger partial charge in [0.1, 0.15) is 0 Å². The van der Waals surface area contributed by atoms with Gasteiger partial charge in [-0.05, 0) is 29.7 Å². The molecular weight excluding hydrogens is 254 g/mol. The van der Waals surface area contributed by atoms with E-state index >= 15 is 0 Å². The fourth-order valence-corrected chi connectivity index (χ4v) is 1.91. The second-order valence-corrected chi connectivity index (χ2v) is 4.73. The Morgan fingerprint density at radius 3 is 2.45 bits per heavy atom. The molecule has 1 unspecified atom stereocenters. The van der Waals surface area contributed by atoms with Gasteiger partial charge in [-0.15, -0.1) is 0 Å². The van der Waals surface area contributed by atoms with Crippen molar-refractivity contribution >= 4 is 5.91 Å². The smallest absolute Gasteiger partial charge is 0.251 e. The molecule has 0 saturated heterocycles. The Morgan fingerprint density at radius 1 is 1.10 bits per heavy atom. The molecule has 4 nitrogen and oxygen atoms in total. The van der Waals surface area contributed by atoms with Crippen LogP contribution in [0.3, 0.4) is 0 Å². The first kappa shape index (κ1) is 13.9. The molecule has 0 aliphatic heterocycles. The van der Waals surface area contributed by atoms with E-state index in [4.69, 9.17) is 0 Å². The molecule has 0 radical (unpaired) electrons. The lowest BCUT2D eigenvalue weighted by Crippen LogP contribution is -2.27. The lowest BCUT2D eigenvalue weighted by atomic mass is 10.0. The molecule has 2 aromatic rings. The van der Waals surface area contributed by atoms with Gasteiger partial charge in [0, 0.05) is 12.1 Å². The Hall–Kier alpha value is -2.49. The largest absolute Gasteiger partial charge is 0.504 e. The van der Waals surface area contributed by atoms with Crippen molar-refractivity contribution in [1.82, 2.24) is 5.32 Å². The Balaban J connectivity index is 1.97. The number of phenols is 2. The van der Waals surface area contributed by atoms with Crippen LogP contribution < -0.4 is 5.32 Å². The number of aromatic hydroxyl groups is 2. The summed E-state index contributed by atoms with van der Waals surface area (Å²) in [5, 5.41) is 21.4. The number of nitrogens with one attached hydrogen (secondary N) is 1. The molecule has 0 aliphatic carbocycles. The van der Waals surface area contributed by atoms with Crippen LogP contribution in [0.1, 0.15) is 28.8 Å². The molecule has 3 N–H and O–H groups in total. The minimum Gasteiger partial charge on any atom is -0.504 e. The molecule has 0 bridgehead atoms. The van der Waals surface area contributed by atoms with Gasteiger partial charge in [0.25, 0.3) is 5.91 Å². The summed E-state index contributed by atoms with van der Waals surface area (Å²) in [6, 6.07) is 13.9. The maximum absolute atomic E-state index is 11.9. The number of benzene rings is 2. The van der Waals surface area contributed by atoms with Crippen LogP contribution in [0.15, 0.2) is 48.5 Å². The molecule has 4 heteroatoms. The van der Waals surface area contributed by atoms with Crippen LogP contribution in [0.5, 0.6) is 11.5 Å². The summed E-state index contributed by atoms with van der Waals surface area (Å²) in [5.41, 5.74) is 1.47. The molecule has 1 atom stereocenters. The Bertz CT molecular complexity index is 596. The SMILES string of the molecule is CC(CNC(=O)c1ccc(O)c(O)c1)c1ccccc1. The van der Waals surface area contributed by atoms with Gasteiger partial charge in [-0.1, -0.05) is 37.3 Å². The van der Waals surface area contributed by atoms with Crippen LogP contribution >= 0.6 is 0 Å². The minimum atomic E-state index is -0.297. The van der Waals surface area contributed by atoms with Gasteiger partial charge < -0.3 is 15.5 Å². The molecule has 0 aromatic heterocycles. The fourth-order valence-electron chi connectivity index (χ4n) is 1.91. The van der Waals surface area contributed by atoms with Crippen molar-refractivity contribution in [2.24, 2.45) is 0 Å². The summed E-state index contributed by atoms with van der Waals surface area (Å²) < 4.78 is 0. The highest BCUT2D eigenvalue weighted by Gasteiger charge is 2.11. The third-order valence-electron chi connectivity index (χ3n) is 3.18. The van der Waals surface area contributed by atoms with Crippen LogP contribution in [0.4, 0.5) is 0 Å². The number of amides is 1. The van der Waals surface area contributed by atoms with Crippen molar-refractivity contribution in [3.05, 3.63) is 59.7 Å². The highest BCUT2D eigenvalue weighted by molar-refractivity contribution is 5.94. The molecular formula is C16H17NO3. The van der Waals surface area contributed by atoms with E-state index in [2.05, 4.69) is 5.32 Å². The lowest BCUT2D eigenvalue weighted by Gasteiger charge is -2.13. The van der Waals surface area contributed by atoms with Crippen molar-refractivity contribution in [3.63, 3.8) is 0 Å². The molecule has 0 spiro atoms. The monoisotopic (exact) mass is 271 g/mol. The van der Waals surface area contributed by atoms with Crippen LogP contribution in [0, 0.1) is 0 Å². The first-order chi connectivity index (χ1) is 9.58. The second-order valence-electron chi connectivity index (χ2n) is 4.73. The third-order valence-corrected chi connectivity index (χ3v) is 3.18. The standard InChI is InChI=1S/C16H17NO3/c1-11(12-5-3-2-4-6-12)10-17-16(20)13-7-8-14(18)15(19)9-13/h2-9,11,18-19H,10H2,1H3,(H,17,20). The summed E-state index contributed by atoms with van der Waals surface area (Å²) >= 11 is 0. The molecule has 104 valence electrons. The zero-order valence-corrected chi connectivity index (χ0v) is 11.2. The molecule has 1 amide bonds. The fraction of sp³-hybridized carbons (Fsp3) is 0.188. The first-order valence-electron chi connectivity index (χ1n) is 6.43. The van der Waals surface area contributed by atoms with Gasteiger partial charge in [-0.3, -0.25) is 4.79 Å². The van der Waals surface area contributed by atoms with E-state index in [1.807, 2.05) is 37.3 Å². The maximum Gasteiger partial charge on any atom is 0.251 e. The normalized spacial score (nSPS) is 11.8. The summed E-state index contributed by atoms with van der Waals surface area (Å²) in [7, 11) is 0. The first-order valence-corrected chi connectivity index (χ1v) is 6.43. The summed E-state index contributed by atoms with van der Waals surface area (Å²) in [6.45, 7) is 2.54. The number of hydrogen-bond acceptors (Lipinski definition) is 3. The molecule has 0 aliphatic rings. The number of hydrogen-bond donors (Lipinski definition) is 3. The molecule has 2 aromatic carbocycles. The summed E-state index contributed by atoms with van der Waals surface area (Å²) in [4.78, 5) is 11.9. The van der Waals surface area contributed by atoms with E-state index in [1.54, 1.807) is 0 Å². The van der Waals surface area contributed by atoms with E-state index < -0.39 is 0 Å². The highest BCUT2D eigenvalue weighted by atomic mass is 16.3. The van der Waals surface area contributed by atoms with E-state index in [0.717, 1.165) is 5.56 Å². The van der Waals surface area contributed by atoms with Crippen LogP contribution in [-0.4, -0.2) is 22.7 Å². The predicted molar refractivity (Wildman–Crippen MR) is 77.0 cm³/mol.